The van der Waals surface area contributed by atoms with Crippen molar-refractivity contribution in [1.82, 2.24) is 14.9 Å². The SMILES string of the molecule is c1cnc(N2CCN(CCOc3ccc4ccccc4c3)CC2)nc1. The van der Waals surface area contributed by atoms with E-state index in [0.717, 1.165) is 44.4 Å². The second kappa shape index (κ2) is 7.49. The molecule has 0 unspecified atom stereocenters. The Balaban J connectivity index is 1.25. The number of hydrogen-bond donors (Lipinski definition) is 0. The zero-order valence-corrected chi connectivity index (χ0v) is 14.2. The van der Waals surface area contributed by atoms with Crippen LogP contribution < -0.4 is 9.64 Å². The molecular weight excluding hydrogens is 312 g/mol. The van der Waals surface area contributed by atoms with Crippen molar-refractivity contribution < 1.29 is 4.74 Å². The molecule has 1 saturated heterocycles. The molecule has 0 aliphatic carbocycles. The third-order valence-corrected chi connectivity index (χ3v) is 4.60. The predicted octanol–water partition coefficient (Wildman–Crippen LogP) is 2.83. The Labute approximate surface area is 147 Å². The molecule has 25 heavy (non-hydrogen) atoms. The molecule has 2 heterocycles. The van der Waals surface area contributed by atoms with Crippen molar-refractivity contribution in [3.8, 4) is 5.75 Å². The lowest BCUT2D eigenvalue weighted by Gasteiger charge is -2.34. The van der Waals surface area contributed by atoms with Crippen LogP contribution in [0, 0.1) is 0 Å². The van der Waals surface area contributed by atoms with Crippen LogP contribution in [0.2, 0.25) is 0 Å². The molecule has 1 fully saturated rings. The molecule has 0 saturated carbocycles. The lowest BCUT2D eigenvalue weighted by molar-refractivity contribution is 0.200. The van der Waals surface area contributed by atoms with Crippen LogP contribution in [0.15, 0.2) is 60.9 Å². The Hall–Kier alpha value is -2.66. The highest BCUT2D eigenvalue weighted by molar-refractivity contribution is 5.83. The van der Waals surface area contributed by atoms with E-state index in [9.17, 15) is 0 Å². The molecule has 0 N–H and O–H groups in total. The molecular formula is C20H22N4O. The van der Waals surface area contributed by atoms with Gasteiger partial charge in [-0.3, -0.25) is 4.90 Å². The highest BCUT2D eigenvalue weighted by atomic mass is 16.5. The molecule has 1 aliphatic rings. The first kappa shape index (κ1) is 15.8. The smallest absolute Gasteiger partial charge is 0.225 e. The lowest BCUT2D eigenvalue weighted by Crippen LogP contribution is -2.48. The van der Waals surface area contributed by atoms with Crippen molar-refractivity contribution in [2.24, 2.45) is 0 Å². The summed E-state index contributed by atoms with van der Waals surface area (Å²) in [5, 5.41) is 2.46. The van der Waals surface area contributed by atoms with Crippen LogP contribution in [-0.2, 0) is 0 Å². The Bertz CT molecular complexity index is 816. The fraction of sp³-hybridized carbons (Fsp3) is 0.300. The molecule has 0 spiro atoms. The zero-order chi connectivity index (χ0) is 16.9. The van der Waals surface area contributed by atoms with Gasteiger partial charge in [0.15, 0.2) is 0 Å². The summed E-state index contributed by atoms with van der Waals surface area (Å²) >= 11 is 0. The van der Waals surface area contributed by atoms with Crippen LogP contribution in [0.4, 0.5) is 5.95 Å². The maximum atomic E-state index is 5.95. The second-order valence-electron chi connectivity index (χ2n) is 6.23. The van der Waals surface area contributed by atoms with Crippen molar-refractivity contribution in [2.75, 3.05) is 44.2 Å². The summed E-state index contributed by atoms with van der Waals surface area (Å²) in [6.45, 7) is 5.59. The van der Waals surface area contributed by atoms with E-state index in [-0.39, 0.29) is 0 Å². The van der Waals surface area contributed by atoms with Crippen molar-refractivity contribution in [1.29, 1.82) is 0 Å². The number of aromatic nitrogens is 2. The van der Waals surface area contributed by atoms with Crippen LogP contribution in [0.3, 0.4) is 0 Å². The molecule has 1 aliphatic heterocycles. The van der Waals surface area contributed by atoms with E-state index in [4.69, 9.17) is 4.74 Å². The third-order valence-electron chi connectivity index (χ3n) is 4.60. The normalized spacial score (nSPS) is 15.4. The molecule has 5 nitrogen and oxygen atoms in total. The van der Waals surface area contributed by atoms with E-state index in [0.29, 0.717) is 6.61 Å². The first-order valence-corrected chi connectivity index (χ1v) is 8.74. The van der Waals surface area contributed by atoms with Gasteiger partial charge in [0.25, 0.3) is 0 Å². The maximum Gasteiger partial charge on any atom is 0.225 e. The number of fused-ring (bicyclic) bond motifs is 1. The van der Waals surface area contributed by atoms with E-state index < -0.39 is 0 Å². The third kappa shape index (κ3) is 3.88. The van der Waals surface area contributed by atoms with Crippen LogP contribution in [0.5, 0.6) is 5.75 Å². The molecule has 4 rings (SSSR count). The lowest BCUT2D eigenvalue weighted by atomic mass is 10.1. The minimum atomic E-state index is 0.709. The van der Waals surface area contributed by atoms with Crippen molar-refractivity contribution in [2.45, 2.75) is 0 Å². The largest absolute Gasteiger partial charge is 0.492 e. The van der Waals surface area contributed by atoms with Gasteiger partial charge in [0.05, 0.1) is 0 Å². The second-order valence-corrected chi connectivity index (χ2v) is 6.23. The fourth-order valence-electron chi connectivity index (χ4n) is 3.18. The first-order valence-electron chi connectivity index (χ1n) is 8.74. The molecule has 0 radical (unpaired) electrons. The minimum absolute atomic E-state index is 0.709. The minimum Gasteiger partial charge on any atom is -0.492 e. The van der Waals surface area contributed by atoms with Gasteiger partial charge in [0, 0.05) is 45.1 Å². The summed E-state index contributed by atoms with van der Waals surface area (Å²) in [5.74, 6) is 1.77. The summed E-state index contributed by atoms with van der Waals surface area (Å²) in [5.41, 5.74) is 0. The Morgan fingerprint density at radius 1 is 0.840 bits per heavy atom. The van der Waals surface area contributed by atoms with Gasteiger partial charge in [-0.25, -0.2) is 9.97 Å². The predicted molar refractivity (Wildman–Crippen MR) is 100 cm³/mol. The van der Waals surface area contributed by atoms with Gasteiger partial charge in [-0.05, 0) is 29.0 Å². The van der Waals surface area contributed by atoms with Crippen molar-refractivity contribution >= 4 is 16.7 Å². The Morgan fingerprint density at radius 2 is 1.60 bits per heavy atom. The van der Waals surface area contributed by atoms with E-state index in [1.54, 1.807) is 12.4 Å². The molecule has 3 aromatic rings. The highest BCUT2D eigenvalue weighted by Crippen LogP contribution is 2.20. The van der Waals surface area contributed by atoms with Crippen LogP contribution in [0.25, 0.3) is 10.8 Å². The van der Waals surface area contributed by atoms with Gasteiger partial charge >= 0.3 is 0 Å². The van der Waals surface area contributed by atoms with Gasteiger partial charge in [0.2, 0.25) is 5.95 Å². The molecule has 2 aromatic carbocycles. The first-order chi connectivity index (χ1) is 12.4. The molecule has 0 bridgehead atoms. The topological polar surface area (TPSA) is 41.5 Å². The molecule has 0 amide bonds. The summed E-state index contributed by atoms with van der Waals surface area (Å²) < 4.78 is 5.95. The number of hydrogen-bond acceptors (Lipinski definition) is 5. The fourth-order valence-corrected chi connectivity index (χ4v) is 3.18. The summed E-state index contributed by atoms with van der Waals surface area (Å²) in [6.07, 6.45) is 3.60. The number of benzene rings is 2. The summed E-state index contributed by atoms with van der Waals surface area (Å²) in [6, 6.07) is 16.5. The van der Waals surface area contributed by atoms with E-state index in [1.165, 1.54) is 10.8 Å². The van der Waals surface area contributed by atoms with Gasteiger partial charge in [-0.1, -0.05) is 30.3 Å². The van der Waals surface area contributed by atoms with Gasteiger partial charge < -0.3 is 9.64 Å². The average molecular weight is 334 g/mol. The molecule has 128 valence electrons. The van der Waals surface area contributed by atoms with E-state index >= 15 is 0 Å². The number of anilines is 1. The average Bonchev–Trinajstić information content (AvgIpc) is 2.69. The molecule has 0 atom stereocenters. The maximum absolute atomic E-state index is 5.95. The number of ether oxygens (including phenoxy) is 1. The van der Waals surface area contributed by atoms with Crippen molar-refractivity contribution in [3.63, 3.8) is 0 Å². The summed E-state index contributed by atoms with van der Waals surface area (Å²) in [7, 11) is 0. The summed E-state index contributed by atoms with van der Waals surface area (Å²) in [4.78, 5) is 13.3. The number of piperazine rings is 1. The van der Waals surface area contributed by atoms with Crippen LogP contribution >= 0.6 is 0 Å². The van der Waals surface area contributed by atoms with E-state index in [2.05, 4.69) is 56.2 Å². The van der Waals surface area contributed by atoms with Crippen molar-refractivity contribution in [3.05, 3.63) is 60.9 Å². The number of rotatable bonds is 5. The molecule has 5 heteroatoms. The van der Waals surface area contributed by atoms with Gasteiger partial charge in [0.1, 0.15) is 12.4 Å². The quantitative estimate of drug-likeness (QED) is 0.718. The standard InChI is InChI=1S/C20H22N4O/c1-2-5-18-16-19(7-6-17(18)4-1)25-15-14-23-10-12-24(13-11-23)20-21-8-3-9-22-20/h1-9,16H,10-15H2. The van der Waals surface area contributed by atoms with Gasteiger partial charge in [-0.15, -0.1) is 0 Å². The van der Waals surface area contributed by atoms with Crippen LogP contribution in [-0.4, -0.2) is 54.2 Å². The Kier molecular flexibility index (Phi) is 4.74. The zero-order valence-electron chi connectivity index (χ0n) is 14.2. The van der Waals surface area contributed by atoms with E-state index in [1.807, 2.05) is 12.1 Å². The number of nitrogens with zero attached hydrogens (tertiary/aromatic N) is 4. The van der Waals surface area contributed by atoms with Gasteiger partial charge in [-0.2, -0.15) is 0 Å². The molecule has 1 aromatic heterocycles. The highest BCUT2D eigenvalue weighted by Gasteiger charge is 2.18. The van der Waals surface area contributed by atoms with Crippen LogP contribution in [0.1, 0.15) is 0 Å². The monoisotopic (exact) mass is 334 g/mol. The Morgan fingerprint density at radius 3 is 2.40 bits per heavy atom.